The summed E-state index contributed by atoms with van der Waals surface area (Å²) in [5, 5.41) is 31.6. The number of aliphatic hydroxyl groups is 2. The summed E-state index contributed by atoms with van der Waals surface area (Å²) in [4.78, 5) is 51.4. The normalized spacial score (nSPS) is 18.1. The largest absolute Gasteiger partial charge is 0.479 e. The van der Waals surface area contributed by atoms with Crippen molar-refractivity contribution in [3.63, 3.8) is 0 Å². The number of rotatable bonds is 57. The third-order valence-corrected chi connectivity index (χ3v) is 15.0. The number of aliphatic hydroxyl groups excluding tert-OH is 2. The highest BCUT2D eigenvalue weighted by molar-refractivity contribution is 5.74. The summed E-state index contributed by atoms with van der Waals surface area (Å²) in [6.45, 7) is 5.96. The highest BCUT2D eigenvalue weighted by Gasteiger charge is 2.50. The van der Waals surface area contributed by atoms with Crippen LogP contribution >= 0.6 is 0 Å². The van der Waals surface area contributed by atoms with E-state index >= 15 is 0 Å². The lowest BCUT2D eigenvalue weighted by Crippen LogP contribution is -2.61. The van der Waals surface area contributed by atoms with Crippen LogP contribution in [0.15, 0.2) is 60.8 Å². The van der Waals surface area contributed by atoms with Gasteiger partial charge in [-0.2, -0.15) is 0 Å². The minimum atomic E-state index is -1.91. The standard InChI is InChI=1S/C69H120O12/c1-4-7-10-13-16-19-22-25-28-30-31-33-35-37-40-43-46-49-52-55-61(70)77-58-60(79-62(71)56-53-50-47-44-41-39-36-32-29-26-23-20-17-14-11-8-5-2)59-78-69-67(65(74)64(73)66(81-69)68(75)76)80-63(72)57-54-51-48-45-42-38-34-27-24-21-18-15-12-9-6-3/h16-17,19-20,25-29,34,60,64-67,69,73-74H,4-15,18,21-24,30-33,35-59H2,1-3H3,(H,75,76)/b19-16-,20-17-,28-25-,29-26-,34-27-. The molecule has 1 fully saturated rings. The average Bonchev–Trinajstić information content (AvgIpc) is 3.53. The molecule has 6 atom stereocenters. The fourth-order valence-corrected chi connectivity index (χ4v) is 9.89. The Bertz CT molecular complexity index is 1640. The van der Waals surface area contributed by atoms with Gasteiger partial charge >= 0.3 is 23.9 Å². The Kier molecular flexibility index (Phi) is 53.0. The van der Waals surface area contributed by atoms with E-state index in [0.717, 1.165) is 116 Å². The topological polar surface area (TPSA) is 175 Å². The van der Waals surface area contributed by atoms with Crippen LogP contribution in [0.2, 0.25) is 0 Å². The summed E-state index contributed by atoms with van der Waals surface area (Å²) in [6.07, 6.45) is 58.8. The predicted octanol–water partition coefficient (Wildman–Crippen LogP) is 17.9. The molecule has 0 bridgehead atoms. The molecule has 0 aliphatic carbocycles. The van der Waals surface area contributed by atoms with E-state index in [1.54, 1.807) is 0 Å². The molecule has 81 heavy (non-hydrogen) atoms. The molecule has 1 aliphatic heterocycles. The van der Waals surface area contributed by atoms with Crippen LogP contribution in [0, 0.1) is 0 Å². The third-order valence-electron chi connectivity index (χ3n) is 15.0. The van der Waals surface area contributed by atoms with Crippen LogP contribution in [0.1, 0.15) is 303 Å². The van der Waals surface area contributed by atoms with E-state index in [1.807, 2.05) is 0 Å². The van der Waals surface area contributed by atoms with Crippen LogP contribution in [0.5, 0.6) is 0 Å². The van der Waals surface area contributed by atoms with Gasteiger partial charge in [0.2, 0.25) is 0 Å². The molecule has 12 nitrogen and oxygen atoms in total. The van der Waals surface area contributed by atoms with Gasteiger partial charge in [-0.15, -0.1) is 0 Å². The highest BCUT2D eigenvalue weighted by atomic mass is 16.7. The van der Waals surface area contributed by atoms with E-state index < -0.39 is 67.3 Å². The molecule has 1 heterocycles. The first-order valence-corrected chi connectivity index (χ1v) is 33.3. The molecule has 0 amide bonds. The van der Waals surface area contributed by atoms with E-state index in [0.29, 0.717) is 19.3 Å². The number of allylic oxidation sites excluding steroid dienone is 10. The number of carbonyl (C=O) groups excluding carboxylic acids is 3. The van der Waals surface area contributed by atoms with Crippen molar-refractivity contribution in [3.05, 3.63) is 60.8 Å². The number of hydrogen-bond acceptors (Lipinski definition) is 11. The van der Waals surface area contributed by atoms with E-state index in [1.165, 1.54) is 128 Å². The second-order valence-electron chi connectivity index (χ2n) is 22.7. The van der Waals surface area contributed by atoms with Gasteiger partial charge < -0.3 is 39.0 Å². The van der Waals surface area contributed by atoms with Crippen molar-refractivity contribution in [1.29, 1.82) is 0 Å². The molecule has 1 aliphatic rings. The number of hydrogen-bond donors (Lipinski definition) is 3. The van der Waals surface area contributed by atoms with Gasteiger partial charge in [-0.3, -0.25) is 14.4 Å². The summed E-state index contributed by atoms with van der Waals surface area (Å²) in [7, 11) is 0. The van der Waals surface area contributed by atoms with Crippen LogP contribution in [-0.4, -0.2) is 89.2 Å². The van der Waals surface area contributed by atoms with Crippen LogP contribution in [0.4, 0.5) is 0 Å². The molecule has 0 radical (unpaired) electrons. The molecule has 3 N–H and O–H groups in total. The third kappa shape index (κ3) is 46.5. The Hall–Kier alpha value is -3.58. The van der Waals surface area contributed by atoms with Gasteiger partial charge in [0.15, 0.2) is 24.6 Å². The van der Waals surface area contributed by atoms with Gasteiger partial charge in [-0.05, 0) is 109 Å². The molecule has 0 aromatic heterocycles. The molecule has 0 saturated carbocycles. The SMILES string of the molecule is CCCCC/C=C\C/C=C\CCCCCCCCCCCC(=O)OCC(COC1OC(C(=O)O)C(O)C(O)C1OC(=O)CCCCCCC/C=C\CCCCCCCC)OC(=O)CCCCCCCCC/C=C\C/C=C\CCCCC. The lowest BCUT2D eigenvalue weighted by Gasteiger charge is -2.40. The Balaban J connectivity index is 2.66. The molecular weight excluding hydrogens is 1020 g/mol. The van der Waals surface area contributed by atoms with Gasteiger partial charge in [0.1, 0.15) is 18.8 Å². The van der Waals surface area contributed by atoms with E-state index in [9.17, 15) is 34.5 Å². The first-order chi connectivity index (χ1) is 39.6. The fraction of sp³-hybridized carbons (Fsp3) is 0.797. The van der Waals surface area contributed by atoms with Gasteiger partial charge in [0, 0.05) is 19.3 Å². The monoisotopic (exact) mass is 1140 g/mol. The molecule has 1 rings (SSSR count). The van der Waals surface area contributed by atoms with Crippen molar-refractivity contribution in [2.75, 3.05) is 13.2 Å². The van der Waals surface area contributed by atoms with Crippen molar-refractivity contribution in [2.24, 2.45) is 0 Å². The predicted molar refractivity (Wildman–Crippen MR) is 331 cm³/mol. The summed E-state index contributed by atoms with van der Waals surface area (Å²) < 4.78 is 28.5. The average molecular weight is 1140 g/mol. The fourth-order valence-electron chi connectivity index (χ4n) is 9.89. The summed E-state index contributed by atoms with van der Waals surface area (Å²) in [6, 6.07) is 0. The van der Waals surface area contributed by atoms with E-state index in [-0.39, 0.29) is 25.9 Å². The maximum Gasteiger partial charge on any atom is 0.335 e. The number of ether oxygens (including phenoxy) is 5. The molecule has 6 unspecified atom stereocenters. The number of carboxylic acids is 1. The van der Waals surface area contributed by atoms with Crippen LogP contribution in [-0.2, 0) is 42.9 Å². The number of carbonyl (C=O) groups is 4. The Morgan fingerprint density at radius 3 is 1.15 bits per heavy atom. The molecule has 0 aromatic rings. The molecular formula is C69H120O12. The van der Waals surface area contributed by atoms with E-state index in [2.05, 4.69) is 81.5 Å². The Morgan fingerprint density at radius 2 is 0.741 bits per heavy atom. The van der Waals surface area contributed by atoms with E-state index in [4.69, 9.17) is 23.7 Å². The van der Waals surface area contributed by atoms with Crippen LogP contribution in [0.3, 0.4) is 0 Å². The van der Waals surface area contributed by atoms with Crippen molar-refractivity contribution in [3.8, 4) is 0 Å². The zero-order valence-electron chi connectivity index (χ0n) is 51.8. The van der Waals surface area contributed by atoms with Crippen molar-refractivity contribution < 1.29 is 58.2 Å². The highest BCUT2D eigenvalue weighted by Crippen LogP contribution is 2.27. The first kappa shape index (κ1) is 75.4. The number of carboxylic acid groups (broad SMARTS) is 1. The number of esters is 3. The van der Waals surface area contributed by atoms with Gasteiger partial charge in [-0.25, -0.2) is 4.79 Å². The quantitative estimate of drug-likeness (QED) is 0.0228. The maximum atomic E-state index is 13.2. The second kappa shape index (κ2) is 56.9. The lowest BCUT2D eigenvalue weighted by molar-refractivity contribution is -0.301. The molecule has 0 spiro atoms. The smallest absolute Gasteiger partial charge is 0.335 e. The van der Waals surface area contributed by atoms with Gasteiger partial charge in [0.05, 0.1) is 6.61 Å². The second-order valence-corrected chi connectivity index (χ2v) is 22.7. The van der Waals surface area contributed by atoms with Crippen LogP contribution in [0.25, 0.3) is 0 Å². The first-order valence-electron chi connectivity index (χ1n) is 33.3. The maximum absolute atomic E-state index is 13.2. The minimum absolute atomic E-state index is 0.0498. The molecule has 12 heteroatoms. The van der Waals surface area contributed by atoms with Gasteiger partial charge in [-0.1, -0.05) is 236 Å². The number of unbranched alkanes of at least 4 members (excludes halogenated alkanes) is 33. The van der Waals surface area contributed by atoms with Gasteiger partial charge in [0.25, 0.3) is 0 Å². The van der Waals surface area contributed by atoms with Crippen molar-refractivity contribution in [2.45, 2.75) is 340 Å². The zero-order chi connectivity index (χ0) is 58.9. The summed E-state index contributed by atoms with van der Waals surface area (Å²) in [5.74, 6) is -3.13. The zero-order valence-corrected chi connectivity index (χ0v) is 51.8. The lowest BCUT2D eigenvalue weighted by atomic mass is 9.98. The molecule has 468 valence electrons. The number of aliphatic carboxylic acids is 1. The molecule has 0 aromatic carbocycles. The summed E-state index contributed by atoms with van der Waals surface area (Å²) in [5.41, 5.74) is 0. The van der Waals surface area contributed by atoms with Crippen molar-refractivity contribution >= 4 is 23.9 Å². The Morgan fingerprint density at radius 1 is 0.407 bits per heavy atom. The van der Waals surface area contributed by atoms with Crippen molar-refractivity contribution in [1.82, 2.24) is 0 Å². The summed E-state index contributed by atoms with van der Waals surface area (Å²) >= 11 is 0. The Labute approximate surface area is 494 Å². The molecule has 1 saturated heterocycles. The van der Waals surface area contributed by atoms with Crippen LogP contribution < -0.4 is 0 Å². The minimum Gasteiger partial charge on any atom is -0.479 e.